The van der Waals surface area contributed by atoms with Crippen molar-refractivity contribution >= 4 is 11.9 Å². The molecule has 7 nitrogen and oxygen atoms in total. The second kappa shape index (κ2) is 8.50. The number of nitrogens with zero attached hydrogens (tertiary/aromatic N) is 4. The van der Waals surface area contributed by atoms with Crippen LogP contribution in [0.5, 0.6) is 0 Å². The van der Waals surface area contributed by atoms with Crippen LogP contribution in [0.15, 0.2) is 12.3 Å². The SMILES string of the molecule is O=C(O)C(F)(F)F.O=C1CCCN1CC1CN(CC2CCC2)Cc2ccnn21. The van der Waals surface area contributed by atoms with Crippen LogP contribution in [-0.4, -0.2) is 68.9 Å². The Labute approximate surface area is 161 Å². The summed E-state index contributed by atoms with van der Waals surface area (Å²) in [6, 6.07) is 2.46. The molecule has 1 saturated heterocycles. The van der Waals surface area contributed by atoms with Crippen molar-refractivity contribution < 1.29 is 27.9 Å². The van der Waals surface area contributed by atoms with Gasteiger partial charge in [0.1, 0.15) is 0 Å². The lowest BCUT2D eigenvalue weighted by atomic mass is 9.85. The van der Waals surface area contributed by atoms with Crippen molar-refractivity contribution in [2.75, 3.05) is 26.2 Å². The highest BCUT2D eigenvalue weighted by Gasteiger charge is 2.38. The average molecular weight is 402 g/mol. The lowest BCUT2D eigenvalue weighted by Gasteiger charge is -2.39. The molecule has 3 heterocycles. The van der Waals surface area contributed by atoms with Crippen molar-refractivity contribution in [2.45, 2.75) is 50.9 Å². The number of carboxylic acid groups (broad SMARTS) is 1. The zero-order chi connectivity index (χ0) is 20.3. The van der Waals surface area contributed by atoms with E-state index >= 15 is 0 Å². The largest absolute Gasteiger partial charge is 0.490 e. The number of hydrogen-bond donors (Lipinski definition) is 1. The summed E-state index contributed by atoms with van der Waals surface area (Å²) in [6.45, 7) is 5.02. The molecule has 1 amide bonds. The molecule has 1 N–H and O–H groups in total. The van der Waals surface area contributed by atoms with Crippen molar-refractivity contribution in [2.24, 2.45) is 5.92 Å². The molecule has 4 rings (SSSR count). The van der Waals surface area contributed by atoms with Crippen LogP contribution in [0.1, 0.15) is 43.8 Å². The number of carbonyl (C=O) groups excluding carboxylic acids is 1. The predicted octanol–water partition coefficient (Wildman–Crippen LogP) is 2.30. The number of carbonyl (C=O) groups is 2. The second-order valence-electron chi connectivity index (χ2n) is 7.66. The number of hydrogen-bond acceptors (Lipinski definition) is 4. The van der Waals surface area contributed by atoms with Gasteiger partial charge < -0.3 is 10.0 Å². The lowest BCUT2D eigenvalue weighted by Crippen LogP contribution is -2.45. The monoisotopic (exact) mass is 402 g/mol. The Morgan fingerprint density at radius 2 is 1.96 bits per heavy atom. The van der Waals surface area contributed by atoms with Gasteiger partial charge >= 0.3 is 12.1 Å². The zero-order valence-corrected chi connectivity index (χ0v) is 15.6. The zero-order valence-electron chi connectivity index (χ0n) is 15.6. The van der Waals surface area contributed by atoms with Gasteiger partial charge in [0.05, 0.1) is 11.7 Å². The molecular weight excluding hydrogens is 377 g/mol. The van der Waals surface area contributed by atoms with Crippen molar-refractivity contribution in [3.05, 3.63) is 18.0 Å². The van der Waals surface area contributed by atoms with Crippen LogP contribution in [0.3, 0.4) is 0 Å². The molecule has 1 aliphatic carbocycles. The maximum absolute atomic E-state index is 11.9. The molecule has 0 spiro atoms. The van der Waals surface area contributed by atoms with Crippen LogP contribution < -0.4 is 0 Å². The molecule has 3 aliphatic rings. The maximum Gasteiger partial charge on any atom is 0.490 e. The topological polar surface area (TPSA) is 78.7 Å². The summed E-state index contributed by atoms with van der Waals surface area (Å²) in [7, 11) is 0. The van der Waals surface area contributed by atoms with Crippen LogP contribution in [-0.2, 0) is 16.1 Å². The van der Waals surface area contributed by atoms with Gasteiger partial charge in [-0.05, 0) is 31.2 Å². The molecule has 0 bridgehead atoms. The van der Waals surface area contributed by atoms with Crippen LogP contribution >= 0.6 is 0 Å². The minimum atomic E-state index is -5.08. The van der Waals surface area contributed by atoms with Crippen molar-refractivity contribution in [3.63, 3.8) is 0 Å². The van der Waals surface area contributed by atoms with Gasteiger partial charge in [0.25, 0.3) is 0 Å². The number of rotatable bonds is 4. The number of aromatic nitrogens is 2. The minimum Gasteiger partial charge on any atom is -0.475 e. The summed E-state index contributed by atoms with van der Waals surface area (Å²) in [4.78, 5) is 25.4. The third-order valence-electron chi connectivity index (χ3n) is 5.54. The molecule has 1 aromatic rings. The molecule has 0 radical (unpaired) electrons. The number of alkyl halides is 3. The van der Waals surface area contributed by atoms with Crippen LogP contribution in [0.4, 0.5) is 13.2 Å². The highest BCUT2D eigenvalue weighted by atomic mass is 19.4. The van der Waals surface area contributed by atoms with Gasteiger partial charge in [-0.2, -0.15) is 18.3 Å². The van der Waals surface area contributed by atoms with Gasteiger partial charge in [-0.1, -0.05) is 6.42 Å². The normalized spacial score (nSPS) is 23.0. The third kappa shape index (κ3) is 5.03. The van der Waals surface area contributed by atoms with E-state index in [1.54, 1.807) is 0 Å². The Hall–Kier alpha value is -2.10. The predicted molar refractivity (Wildman–Crippen MR) is 93.4 cm³/mol. The van der Waals surface area contributed by atoms with Gasteiger partial charge in [-0.15, -0.1) is 0 Å². The summed E-state index contributed by atoms with van der Waals surface area (Å²) in [5, 5.41) is 11.6. The minimum absolute atomic E-state index is 0.319. The van der Waals surface area contributed by atoms with E-state index in [1.807, 2.05) is 11.1 Å². The molecule has 0 aromatic carbocycles. The van der Waals surface area contributed by atoms with E-state index in [-0.39, 0.29) is 0 Å². The Morgan fingerprint density at radius 3 is 2.50 bits per heavy atom. The summed E-state index contributed by atoms with van der Waals surface area (Å²) in [5.74, 6) is -1.54. The first kappa shape index (κ1) is 20.6. The molecule has 2 aliphatic heterocycles. The highest BCUT2D eigenvalue weighted by molar-refractivity contribution is 5.78. The fraction of sp³-hybridized carbons (Fsp3) is 0.722. The van der Waals surface area contributed by atoms with Gasteiger partial charge in [0.15, 0.2) is 0 Å². The number of carboxylic acids is 1. The summed E-state index contributed by atoms with van der Waals surface area (Å²) < 4.78 is 33.9. The first-order valence-electron chi connectivity index (χ1n) is 9.56. The molecular formula is C18H25F3N4O3. The van der Waals surface area contributed by atoms with E-state index < -0.39 is 12.1 Å². The van der Waals surface area contributed by atoms with Crippen LogP contribution in [0.2, 0.25) is 0 Å². The molecule has 156 valence electrons. The first-order chi connectivity index (χ1) is 13.2. The Morgan fingerprint density at radius 1 is 1.25 bits per heavy atom. The quantitative estimate of drug-likeness (QED) is 0.836. The molecule has 28 heavy (non-hydrogen) atoms. The lowest BCUT2D eigenvalue weighted by molar-refractivity contribution is -0.192. The summed E-state index contributed by atoms with van der Waals surface area (Å²) >= 11 is 0. The van der Waals surface area contributed by atoms with Gasteiger partial charge in [0, 0.05) is 45.3 Å². The van der Waals surface area contributed by atoms with Crippen LogP contribution in [0.25, 0.3) is 0 Å². The fourth-order valence-corrected chi connectivity index (χ4v) is 3.93. The summed E-state index contributed by atoms with van der Waals surface area (Å²) in [6.07, 6.45) is 2.76. The third-order valence-corrected chi connectivity index (χ3v) is 5.54. The Bertz CT molecular complexity index is 702. The second-order valence-corrected chi connectivity index (χ2v) is 7.66. The van der Waals surface area contributed by atoms with E-state index in [0.717, 1.165) is 44.9 Å². The molecule has 1 saturated carbocycles. The number of halogens is 3. The average Bonchev–Trinajstić information content (AvgIpc) is 3.20. The Balaban J connectivity index is 0.000000279. The van der Waals surface area contributed by atoms with Crippen LogP contribution in [0, 0.1) is 5.92 Å². The number of amides is 1. The number of likely N-dealkylation sites (tertiary alicyclic amines) is 1. The Kier molecular flexibility index (Phi) is 6.26. The molecule has 10 heteroatoms. The smallest absolute Gasteiger partial charge is 0.475 e. The van der Waals surface area contributed by atoms with E-state index in [0.29, 0.717) is 11.9 Å². The van der Waals surface area contributed by atoms with E-state index in [1.165, 1.54) is 31.5 Å². The fourth-order valence-electron chi connectivity index (χ4n) is 3.93. The van der Waals surface area contributed by atoms with Gasteiger partial charge in [-0.3, -0.25) is 14.4 Å². The van der Waals surface area contributed by atoms with Crippen molar-refractivity contribution in [1.29, 1.82) is 0 Å². The van der Waals surface area contributed by atoms with Gasteiger partial charge in [0.2, 0.25) is 5.91 Å². The molecule has 1 aromatic heterocycles. The highest BCUT2D eigenvalue weighted by Crippen LogP contribution is 2.30. The van der Waals surface area contributed by atoms with Gasteiger partial charge in [-0.25, -0.2) is 4.79 Å². The standard InChI is InChI=1S/C16H24N4O.C2HF3O2/c21-16-5-2-8-19(16)12-15-11-18(9-13-3-1-4-13)10-14-6-7-17-20(14)15;3-2(4,5)1(6)7/h6-7,13,15H,1-5,8-12H2;(H,6,7). The molecule has 1 unspecified atom stereocenters. The molecule has 2 fully saturated rings. The van der Waals surface area contributed by atoms with E-state index in [2.05, 4.69) is 20.7 Å². The molecule has 1 atom stereocenters. The van der Waals surface area contributed by atoms with Crippen molar-refractivity contribution in [3.8, 4) is 0 Å². The first-order valence-corrected chi connectivity index (χ1v) is 9.56. The van der Waals surface area contributed by atoms with Crippen molar-refractivity contribution in [1.82, 2.24) is 19.6 Å². The van der Waals surface area contributed by atoms with E-state index in [9.17, 15) is 18.0 Å². The maximum atomic E-state index is 11.9. The van der Waals surface area contributed by atoms with E-state index in [4.69, 9.17) is 9.90 Å². The number of fused-ring (bicyclic) bond motifs is 1. The number of aliphatic carboxylic acids is 1. The summed E-state index contributed by atoms with van der Waals surface area (Å²) in [5.41, 5.74) is 1.30.